The lowest BCUT2D eigenvalue weighted by molar-refractivity contribution is 0.209. The molecule has 2 aromatic carbocycles. The Morgan fingerprint density at radius 3 is 2.72 bits per heavy atom. The van der Waals surface area contributed by atoms with Crippen molar-refractivity contribution in [3.05, 3.63) is 65.2 Å². The van der Waals surface area contributed by atoms with Crippen LogP contribution in [0.2, 0.25) is 0 Å². The molecule has 0 saturated heterocycles. The van der Waals surface area contributed by atoms with Gasteiger partial charge in [0.1, 0.15) is 25.2 Å². The van der Waals surface area contributed by atoms with E-state index < -0.39 is 17.4 Å². The van der Waals surface area contributed by atoms with Gasteiger partial charge in [-0.15, -0.1) is 0 Å². The molecular weight excluding hydrogens is 340 g/mol. The number of hydrogen-bond acceptors (Lipinski definition) is 5. The molecule has 0 radical (unpaired) electrons. The van der Waals surface area contributed by atoms with E-state index in [-0.39, 0.29) is 0 Å². The number of oxime groups is 1. The Hall–Kier alpha value is -2.51. The average Bonchev–Trinajstić information content (AvgIpc) is 3.05. The largest absolute Gasteiger partial charge is 0.489 e. The minimum atomic E-state index is -1.69. The maximum absolute atomic E-state index is 11.4. The third-order valence-corrected chi connectivity index (χ3v) is 4.36. The highest BCUT2D eigenvalue weighted by molar-refractivity contribution is 7.79. The fourth-order valence-electron chi connectivity index (χ4n) is 2.48. The zero-order valence-electron chi connectivity index (χ0n) is 13.9. The minimum absolute atomic E-state index is 0.358. The third kappa shape index (κ3) is 4.12. The second-order valence-corrected chi connectivity index (χ2v) is 6.20. The van der Waals surface area contributed by atoms with Gasteiger partial charge in [-0.25, -0.2) is 4.21 Å². The first kappa shape index (κ1) is 17.3. The molecule has 1 aliphatic heterocycles. The van der Waals surface area contributed by atoms with E-state index in [9.17, 15) is 4.21 Å². The van der Waals surface area contributed by atoms with E-state index in [1.165, 1.54) is 13.3 Å². The quantitative estimate of drug-likeness (QED) is 0.588. The molecule has 1 aliphatic rings. The van der Waals surface area contributed by atoms with Gasteiger partial charge in [0.15, 0.2) is 6.10 Å². The normalized spacial score (nSPS) is 19.8. The minimum Gasteiger partial charge on any atom is -0.489 e. The first-order valence-corrected chi connectivity index (χ1v) is 8.73. The van der Waals surface area contributed by atoms with Gasteiger partial charge in [0, 0.05) is 5.56 Å². The molecule has 0 saturated carbocycles. The van der Waals surface area contributed by atoms with Crippen LogP contribution in [0, 0.1) is 6.92 Å². The summed E-state index contributed by atoms with van der Waals surface area (Å²) in [4.78, 5) is 4.95. The summed E-state index contributed by atoms with van der Waals surface area (Å²) in [5.41, 5.74) is 3.28. The first-order valence-electron chi connectivity index (χ1n) is 7.70. The molecule has 0 N–H and O–H groups in total. The second kappa shape index (κ2) is 8.04. The van der Waals surface area contributed by atoms with Crippen LogP contribution in [0.3, 0.4) is 0 Å². The van der Waals surface area contributed by atoms with Crippen LogP contribution in [-0.2, 0) is 26.9 Å². The van der Waals surface area contributed by atoms with E-state index >= 15 is 0 Å². The van der Waals surface area contributed by atoms with Crippen molar-refractivity contribution in [2.45, 2.75) is 19.6 Å². The SMILES string of the molecule is CON=C(c1ccccc1COc1ccccc1C)C1C=NS(=O)O1. The monoisotopic (exact) mass is 358 g/mol. The fraction of sp³-hybridized carbons (Fsp3) is 0.222. The average molecular weight is 358 g/mol. The molecule has 2 aromatic rings. The number of nitrogens with zero attached hydrogens (tertiary/aromatic N) is 2. The van der Waals surface area contributed by atoms with Crippen LogP contribution in [0.1, 0.15) is 16.7 Å². The summed E-state index contributed by atoms with van der Waals surface area (Å²) < 4.78 is 26.3. The smallest absolute Gasteiger partial charge is 0.285 e. The summed E-state index contributed by atoms with van der Waals surface area (Å²) in [7, 11) is 1.45. The van der Waals surface area contributed by atoms with Crippen molar-refractivity contribution < 1.29 is 18.0 Å². The van der Waals surface area contributed by atoms with Gasteiger partial charge in [-0.3, -0.25) is 4.18 Å². The highest BCUT2D eigenvalue weighted by atomic mass is 32.2. The second-order valence-electron chi connectivity index (χ2n) is 5.36. The molecule has 130 valence electrons. The van der Waals surface area contributed by atoms with Gasteiger partial charge in [-0.2, -0.15) is 4.40 Å². The number of ether oxygens (including phenoxy) is 1. The zero-order valence-corrected chi connectivity index (χ0v) is 14.7. The number of rotatable bonds is 6. The van der Waals surface area contributed by atoms with Gasteiger partial charge < -0.3 is 9.57 Å². The van der Waals surface area contributed by atoms with E-state index in [1.54, 1.807) is 0 Å². The molecule has 0 aliphatic carbocycles. The molecule has 2 unspecified atom stereocenters. The molecule has 0 fully saturated rings. The lowest BCUT2D eigenvalue weighted by Gasteiger charge is -2.15. The topological polar surface area (TPSA) is 69.5 Å². The van der Waals surface area contributed by atoms with E-state index in [0.717, 1.165) is 22.4 Å². The summed E-state index contributed by atoms with van der Waals surface area (Å²) in [5.74, 6) is 0.822. The molecule has 2 atom stereocenters. The van der Waals surface area contributed by atoms with E-state index in [0.29, 0.717) is 12.3 Å². The Balaban J connectivity index is 1.86. The van der Waals surface area contributed by atoms with Gasteiger partial charge in [-0.1, -0.05) is 47.6 Å². The number of benzene rings is 2. The molecule has 6 nitrogen and oxygen atoms in total. The molecule has 0 amide bonds. The van der Waals surface area contributed by atoms with Crippen LogP contribution in [0.5, 0.6) is 5.75 Å². The zero-order chi connectivity index (χ0) is 17.6. The molecular formula is C18H18N2O4S. The highest BCUT2D eigenvalue weighted by Crippen LogP contribution is 2.21. The van der Waals surface area contributed by atoms with E-state index in [4.69, 9.17) is 13.8 Å². The predicted molar refractivity (Wildman–Crippen MR) is 97.0 cm³/mol. The van der Waals surface area contributed by atoms with Crippen molar-refractivity contribution in [1.82, 2.24) is 0 Å². The Labute approximate surface area is 148 Å². The summed E-state index contributed by atoms with van der Waals surface area (Å²) >= 11 is -1.69. The molecule has 25 heavy (non-hydrogen) atoms. The van der Waals surface area contributed by atoms with Gasteiger partial charge >= 0.3 is 0 Å². The van der Waals surface area contributed by atoms with Crippen molar-refractivity contribution in [3.63, 3.8) is 0 Å². The lowest BCUT2D eigenvalue weighted by atomic mass is 10.00. The van der Waals surface area contributed by atoms with Crippen LogP contribution >= 0.6 is 0 Å². The number of aryl methyl sites for hydroxylation is 1. The van der Waals surface area contributed by atoms with E-state index in [1.807, 2.05) is 55.5 Å². The molecule has 3 rings (SSSR count). The number of hydrogen-bond donors (Lipinski definition) is 0. The Morgan fingerprint density at radius 2 is 2.00 bits per heavy atom. The highest BCUT2D eigenvalue weighted by Gasteiger charge is 2.27. The van der Waals surface area contributed by atoms with Gasteiger partial charge in [0.2, 0.25) is 0 Å². The van der Waals surface area contributed by atoms with Crippen molar-refractivity contribution in [2.75, 3.05) is 7.11 Å². The summed E-state index contributed by atoms with van der Waals surface area (Å²) in [5, 5.41) is 4.05. The maximum Gasteiger partial charge on any atom is 0.285 e. The van der Waals surface area contributed by atoms with Crippen molar-refractivity contribution >= 4 is 23.2 Å². The van der Waals surface area contributed by atoms with Crippen molar-refractivity contribution in [2.24, 2.45) is 9.55 Å². The molecule has 7 heteroatoms. The molecule has 0 aromatic heterocycles. The van der Waals surface area contributed by atoms with Crippen LogP contribution in [0.15, 0.2) is 58.1 Å². The Kier molecular flexibility index (Phi) is 5.57. The third-order valence-electron chi connectivity index (χ3n) is 3.70. The van der Waals surface area contributed by atoms with Gasteiger partial charge in [0.05, 0.1) is 6.21 Å². The van der Waals surface area contributed by atoms with Crippen LogP contribution in [0.4, 0.5) is 0 Å². The number of para-hydroxylation sites is 1. The van der Waals surface area contributed by atoms with Crippen LogP contribution in [0.25, 0.3) is 0 Å². The Morgan fingerprint density at radius 1 is 1.24 bits per heavy atom. The fourth-order valence-corrected chi connectivity index (χ4v) is 3.06. The summed E-state index contributed by atoms with van der Waals surface area (Å²) in [6.07, 6.45) is 0.841. The van der Waals surface area contributed by atoms with Crippen LogP contribution < -0.4 is 4.74 Å². The van der Waals surface area contributed by atoms with Crippen molar-refractivity contribution in [1.29, 1.82) is 0 Å². The summed E-state index contributed by atoms with van der Waals surface area (Å²) in [6.45, 7) is 2.36. The molecule has 0 bridgehead atoms. The summed E-state index contributed by atoms with van der Waals surface area (Å²) in [6, 6.07) is 15.5. The Bertz CT molecular complexity index is 835. The van der Waals surface area contributed by atoms with Crippen LogP contribution in [-0.4, -0.2) is 29.3 Å². The van der Waals surface area contributed by atoms with Gasteiger partial charge in [0.25, 0.3) is 11.3 Å². The van der Waals surface area contributed by atoms with E-state index in [2.05, 4.69) is 9.55 Å². The van der Waals surface area contributed by atoms with Crippen molar-refractivity contribution in [3.8, 4) is 5.75 Å². The maximum atomic E-state index is 11.4. The van der Waals surface area contributed by atoms with Gasteiger partial charge in [-0.05, 0) is 24.1 Å². The standard InChI is InChI=1S/C18H18N2O4S/c1-13-7-3-6-10-16(13)23-12-14-8-4-5-9-15(14)18(20-22-2)17-11-19-25(21)24-17/h3-11,17H,12H2,1-2H3. The molecule has 1 heterocycles. The lowest BCUT2D eigenvalue weighted by Crippen LogP contribution is -2.25. The first-order chi connectivity index (χ1) is 12.2. The predicted octanol–water partition coefficient (Wildman–Crippen LogP) is 2.97. The molecule has 0 spiro atoms.